The van der Waals surface area contributed by atoms with Crippen LogP contribution in [0.2, 0.25) is 0 Å². The summed E-state index contributed by atoms with van der Waals surface area (Å²) in [6.45, 7) is 9.35. The Morgan fingerprint density at radius 2 is 2.44 bits per heavy atom. The number of thioether (sulfide) groups is 1. The second kappa shape index (κ2) is 7.16. The first-order valence-electron chi connectivity index (χ1n) is 6.81. The van der Waals surface area contributed by atoms with Gasteiger partial charge in [0.1, 0.15) is 0 Å². The van der Waals surface area contributed by atoms with E-state index in [9.17, 15) is 0 Å². The fourth-order valence-corrected chi connectivity index (χ4v) is 3.41. The van der Waals surface area contributed by atoms with Gasteiger partial charge in [0.15, 0.2) is 5.76 Å². The summed E-state index contributed by atoms with van der Waals surface area (Å²) in [7, 11) is 0. The third-order valence-corrected chi connectivity index (χ3v) is 4.59. The molecule has 0 aromatic carbocycles. The smallest absolute Gasteiger partial charge is 0.151 e. The van der Waals surface area contributed by atoms with Gasteiger partial charge in [-0.2, -0.15) is 11.8 Å². The van der Waals surface area contributed by atoms with Crippen molar-refractivity contribution in [2.75, 3.05) is 25.4 Å². The zero-order valence-electron chi connectivity index (χ0n) is 11.3. The Labute approximate surface area is 113 Å². The predicted octanol–water partition coefficient (Wildman–Crippen LogP) is 2.11. The van der Waals surface area contributed by atoms with Gasteiger partial charge in [0.05, 0.1) is 12.2 Å². The Morgan fingerprint density at radius 1 is 1.56 bits per heavy atom. The molecule has 102 valence electrons. The second-order valence-electron chi connectivity index (χ2n) is 4.70. The van der Waals surface area contributed by atoms with Crippen molar-refractivity contribution in [3.8, 4) is 0 Å². The van der Waals surface area contributed by atoms with Crippen molar-refractivity contribution in [3.05, 3.63) is 17.5 Å². The Bertz CT molecular complexity index is 356. The van der Waals surface area contributed by atoms with Gasteiger partial charge in [-0.25, -0.2) is 0 Å². The summed E-state index contributed by atoms with van der Waals surface area (Å²) in [4.78, 5) is 2.47. The highest BCUT2D eigenvalue weighted by Gasteiger charge is 2.20. The Balaban J connectivity index is 1.83. The van der Waals surface area contributed by atoms with Gasteiger partial charge in [0.25, 0.3) is 0 Å². The van der Waals surface area contributed by atoms with E-state index in [1.54, 1.807) is 0 Å². The number of rotatable bonds is 6. The van der Waals surface area contributed by atoms with Crippen LogP contribution in [0.15, 0.2) is 10.6 Å². The third kappa shape index (κ3) is 4.00. The largest absolute Gasteiger partial charge is 0.360 e. The lowest BCUT2D eigenvalue weighted by Gasteiger charge is -2.30. The van der Waals surface area contributed by atoms with E-state index in [1.165, 1.54) is 18.7 Å². The van der Waals surface area contributed by atoms with Crippen LogP contribution in [0.25, 0.3) is 0 Å². The molecule has 2 rings (SSSR count). The molecule has 0 saturated carbocycles. The zero-order valence-corrected chi connectivity index (χ0v) is 12.1. The summed E-state index contributed by atoms with van der Waals surface area (Å²) >= 11 is 2.10. The molecule has 2 heterocycles. The van der Waals surface area contributed by atoms with Crippen molar-refractivity contribution in [1.82, 2.24) is 15.4 Å². The molecule has 0 bridgehead atoms. The van der Waals surface area contributed by atoms with Gasteiger partial charge in [-0.15, -0.1) is 0 Å². The van der Waals surface area contributed by atoms with Gasteiger partial charge in [-0.1, -0.05) is 19.0 Å². The fourth-order valence-electron chi connectivity index (χ4n) is 2.16. The number of hydrogen-bond acceptors (Lipinski definition) is 5. The molecule has 1 aromatic heterocycles. The number of aromatic nitrogens is 1. The predicted molar refractivity (Wildman–Crippen MR) is 75.7 cm³/mol. The van der Waals surface area contributed by atoms with Crippen molar-refractivity contribution < 1.29 is 4.52 Å². The quantitative estimate of drug-likeness (QED) is 0.856. The second-order valence-corrected chi connectivity index (χ2v) is 6.11. The van der Waals surface area contributed by atoms with Crippen LogP contribution in [0.4, 0.5) is 0 Å². The van der Waals surface area contributed by atoms with Crippen LogP contribution >= 0.6 is 11.8 Å². The fraction of sp³-hybridized carbons (Fsp3) is 0.769. The maximum absolute atomic E-state index is 5.39. The lowest BCUT2D eigenvalue weighted by atomic mass is 10.2. The average Bonchev–Trinajstić information content (AvgIpc) is 2.84. The standard InChI is InChI=1S/C13H23N3OS/c1-3-13-10-16(5-6-18-13)9-12-7-11(15-17-12)8-14-4-2/h7,13-14H,3-6,8-10H2,1-2H3. The van der Waals surface area contributed by atoms with Crippen LogP contribution in [0.3, 0.4) is 0 Å². The molecule has 1 atom stereocenters. The minimum atomic E-state index is 0.780. The zero-order chi connectivity index (χ0) is 12.8. The lowest BCUT2D eigenvalue weighted by Crippen LogP contribution is -2.36. The Hall–Kier alpha value is -0.520. The molecule has 0 aliphatic carbocycles. The first-order valence-corrected chi connectivity index (χ1v) is 7.85. The summed E-state index contributed by atoms with van der Waals surface area (Å²) in [5.41, 5.74) is 1.00. The normalized spacial score (nSPS) is 21.3. The minimum absolute atomic E-state index is 0.780. The van der Waals surface area contributed by atoms with Gasteiger partial charge < -0.3 is 9.84 Å². The molecule has 1 fully saturated rings. The first-order chi connectivity index (χ1) is 8.81. The first kappa shape index (κ1) is 13.9. The maximum atomic E-state index is 5.39. The lowest BCUT2D eigenvalue weighted by molar-refractivity contribution is 0.236. The van der Waals surface area contributed by atoms with Gasteiger partial charge in [-0.05, 0) is 13.0 Å². The molecule has 0 amide bonds. The van der Waals surface area contributed by atoms with Crippen LogP contribution < -0.4 is 5.32 Å². The van der Waals surface area contributed by atoms with E-state index in [2.05, 4.69) is 47.0 Å². The molecular formula is C13H23N3OS. The molecule has 1 aliphatic rings. The van der Waals surface area contributed by atoms with Crippen molar-refractivity contribution >= 4 is 11.8 Å². The third-order valence-electron chi connectivity index (χ3n) is 3.22. The van der Waals surface area contributed by atoms with E-state index in [1.807, 2.05) is 0 Å². The molecule has 0 spiro atoms. The van der Waals surface area contributed by atoms with Crippen LogP contribution in [-0.2, 0) is 13.1 Å². The van der Waals surface area contributed by atoms with Gasteiger partial charge >= 0.3 is 0 Å². The van der Waals surface area contributed by atoms with E-state index in [0.29, 0.717) is 0 Å². The summed E-state index contributed by atoms with van der Waals surface area (Å²) in [6.07, 6.45) is 1.25. The summed E-state index contributed by atoms with van der Waals surface area (Å²) in [6, 6.07) is 2.07. The van der Waals surface area contributed by atoms with Crippen molar-refractivity contribution in [2.45, 2.75) is 38.6 Å². The van der Waals surface area contributed by atoms with Gasteiger partial charge in [-0.3, -0.25) is 4.90 Å². The van der Waals surface area contributed by atoms with Crippen molar-refractivity contribution in [2.24, 2.45) is 0 Å². The minimum Gasteiger partial charge on any atom is -0.360 e. The topological polar surface area (TPSA) is 41.3 Å². The highest BCUT2D eigenvalue weighted by atomic mass is 32.2. The Kier molecular flexibility index (Phi) is 5.53. The molecule has 0 radical (unpaired) electrons. The monoisotopic (exact) mass is 269 g/mol. The highest BCUT2D eigenvalue weighted by molar-refractivity contribution is 8.00. The van der Waals surface area contributed by atoms with E-state index in [0.717, 1.165) is 42.9 Å². The molecule has 1 unspecified atom stereocenters. The molecule has 18 heavy (non-hydrogen) atoms. The van der Waals surface area contributed by atoms with Crippen LogP contribution in [0.1, 0.15) is 31.7 Å². The maximum Gasteiger partial charge on any atom is 0.151 e. The molecule has 1 aromatic rings. The summed E-state index contributed by atoms with van der Waals surface area (Å²) < 4.78 is 5.39. The van der Waals surface area contributed by atoms with Crippen LogP contribution in [-0.4, -0.2) is 40.7 Å². The van der Waals surface area contributed by atoms with E-state index < -0.39 is 0 Å². The van der Waals surface area contributed by atoms with E-state index in [4.69, 9.17) is 4.52 Å². The van der Waals surface area contributed by atoms with Crippen molar-refractivity contribution in [1.29, 1.82) is 0 Å². The van der Waals surface area contributed by atoms with E-state index in [-0.39, 0.29) is 0 Å². The number of hydrogen-bond donors (Lipinski definition) is 1. The van der Waals surface area contributed by atoms with Gasteiger partial charge in [0, 0.05) is 36.7 Å². The van der Waals surface area contributed by atoms with Crippen molar-refractivity contribution in [3.63, 3.8) is 0 Å². The van der Waals surface area contributed by atoms with Gasteiger partial charge in [0.2, 0.25) is 0 Å². The van der Waals surface area contributed by atoms with Crippen LogP contribution in [0, 0.1) is 0 Å². The molecule has 1 aliphatic heterocycles. The molecule has 4 nitrogen and oxygen atoms in total. The number of nitrogens with one attached hydrogen (secondary N) is 1. The molecule has 5 heteroatoms. The number of nitrogens with zero attached hydrogens (tertiary/aromatic N) is 2. The van der Waals surface area contributed by atoms with E-state index >= 15 is 0 Å². The van der Waals surface area contributed by atoms with Crippen LogP contribution in [0.5, 0.6) is 0 Å². The Morgan fingerprint density at radius 3 is 3.22 bits per heavy atom. The summed E-state index contributed by atoms with van der Waals surface area (Å²) in [5, 5.41) is 8.13. The highest BCUT2D eigenvalue weighted by Crippen LogP contribution is 2.22. The molecular weight excluding hydrogens is 246 g/mol. The molecule has 1 N–H and O–H groups in total. The average molecular weight is 269 g/mol. The molecule has 1 saturated heterocycles. The SMILES string of the molecule is CCNCc1cc(CN2CCSC(CC)C2)on1. The summed E-state index contributed by atoms with van der Waals surface area (Å²) in [5.74, 6) is 2.22.